The van der Waals surface area contributed by atoms with Gasteiger partial charge in [0.15, 0.2) is 0 Å². The Morgan fingerprint density at radius 1 is 1.59 bits per heavy atom. The first-order valence-electron chi connectivity index (χ1n) is 6.00. The smallest absolute Gasteiger partial charge is 0.237 e. The van der Waals surface area contributed by atoms with Gasteiger partial charge in [-0.2, -0.15) is 0 Å². The van der Waals surface area contributed by atoms with Gasteiger partial charge in [0, 0.05) is 11.6 Å². The van der Waals surface area contributed by atoms with Crippen LogP contribution in [0.4, 0.5) is 0 Å². The van der Waals surface area contributed by atoms with Crippen LogP contribution in [-0.4, -0.2) is 16.9 Å². The van der Waals surface area contributed by atoms with Gasteiger partial charge in [0.1, 0.15) is 5.01 Å². The van der Waals surface area contributed by atoms with Crippen LogP contribution in [0.15, 0.2) is 11.6 Å². The van der Waals surface area contributed by atoms with E-state index in [4.69, 9.17) is 5.73 Å². The van der Waals surface area contributed by atoms with E-state index in [0.29, 0.717) is 12.3 Å². The zero-order valence-corrected chi connectivity index (χ0v) is 11.5. The molecule has 0 aliphatic heterocycles. The topological polar surface area (TPSA) is 68.0 Å². The fraction of sp³-hybridized carbons (Fsp3) is 0.667. The largest absolute Gasteiger partial charge is 0.346 e. The van der Waals surface area contributed by atoms with E-state index in [2.05, 4.69) is 24.1 Å². The van der Waals surface area contributed by atoms with Crippen LogP contribution in [-0.2, 0) is 4.79 Å². The van der Waals surface area contributed by atoms with E-state index >= 15 is 0 Å². The minimum absolute atomic E-state index is 0.0132. The van der Waals surface area contributed by atoms with Gasteiger partial charge < -0.3 is 11.1 Å². The van der Waals surface area contributed by atoms with E-state index in [1.165, 1.54) is 0 Å². The highest BCUT2D eigenvalue weighted by Gasteiger charge is 2.20. The Bertz CT molecular complexity index is 338. The summed E-state index contributed by atoms with van der Waals surface area (Å²) in [6.45, 7) is 6.15. The van der Waals surface area contributed by atoms with Gasteiger partial charge in [0.25, 0.3) is 0 Å². The van der Waals surface area contributed by atoms with E-state index in [-0.39, 0.29) is 11.9 Å². The van der Waals surface area contributed by atoms with Gasteiger partial charge >= 0.3 is 0 Å². The molecule has 0 fully saturated rings. The van der Waals surface area contributed by atoms with Crippen LogP contribution in [0, 0.1) is 5.92 Å². The Hall–Kier alpha value is -0.940. The lowest BCUT2D eigenvalue weighted by molar-refractivity contribution is -0.123. The molecule has 0 spiro atoms. The summed E-state index contributed by atoms with van der Waals surface area (Å²) in [5, 5.41) is 5.82. The zero-order chi connectivity index (χ0) is 12.8. The molecule has 0 saturated carbocycles. The van der Waals surface area contributed by atoms with Gasteiger partial charge in [-0.25, -0.2) is 4.98 Å². The summed E-state index contributed by atoms with van der Waals surface area (Å²) >= 11 is 1.56. The number of hydrogen-bond donors (Lipinski definition) is 2. The van der Waals surface area contributed by atoms with Gasteiger partial charge in [-0.15, -0.1) is 11.3 Å². The molecule has 0 aromatic carbocycles. The molecule has 0 saturated heterocycles. The molecule has 17 heavy (non-hydrogen) atoms. The second-order valence-corrected chi connectivity index (χ2v) is 5.50. The van der Waals surface area contributed by atoms with Gasteiger partial charge in [-0.1, -0.05) is 20.8 Å². The van der Waals surface area contributed by atoms with Crippen molar-refractivity contribution in [2.45, 2.75) is 45.7 Å². The molecule has 0 radical (unpaired) electrons. The lowest BCUT2D eigenvalue weighted by Crippen LogP contribution is -2.42. The number of carbonyl (C=O) groups excluding carboxylic acids is 1. The van der Waals surface area contributed by atoms with Crippen LogP contribution in [0.1, 0.15) is 44.7 Å². The Morgan fingerprint density at radius 3 is 2.76 bits per heavy atom. The first-order chi connectivity index (χ1) is 8.04. The van der Waals surface area contributed by atoms with Crippen LogP contribution in [0.3, 0.4) is 0 Å². The van der Waals surface area contributed by atoms with Crippen LogP contribution in [0.25, 0.3) is 0 Å². The molecule has 4 nitrogen and oxygen atoms in total. The van der Waals surface area contributed by atoms with Crippen molar-refractivity contribution in [1.29, 1.82) is 0 Å². The minimum atomic E-state index is -0.427. The summed E-state index contributed by atoms with van der Waals surface area (Å²) in [6, 6.07) is -0.440. The molecule has 3 N–H and O–H groups in total. The molecule has 1 heterocycles. The maximum atomic E-state index is 11.9. The Labute approximate surface area is 107 Å². The van der Waals surface area contributed by atoms with E-state index in [0.717, 1.165) is 11.4 Å². The van der Waals surface area contributed by atoms with Crippen molar-refractivity contribution in [3.63, 3.8) is 0 Å². The van der Waals surface area contributed by atoms with E-state index < -0.39 is 6.04 Å². The van der Waals surface area contributed by atoms with Crippen LogP contribution >= 0.6 is 11.3 Å². The molecule has 1 unspecified atom stereocenters. The quantitative estimate of drug-likeness (QED) is 0.818. The second-order valence-electron chi connectivity index (χ2n) is 4.58. The molecule has 1 amide bonds. The van der Waals surface area contributed by atoms with E-state index in [9.17, 15) is 4.79 Å². The Morgan fingerprint density at radius 2 is 2.29 bits per heavy atom. The van der Waals surface area contributed by atoms with Crippen LogP contribution < -0.4 is 11.1 Å². The molecule has 1 rings (SSSR count). The molecule has 0 bridgehead atoms. The normalized spacial score (nSPS) is 14.6. The van der Waals surface area contributed by atoms with E-state index in [1.54, 1.807) is 17.5 Å². The molecular formula is C12H21N3OS. The maximum absolute atomic E-state index is 11.9. The summed E-state index contributed by atoms with van der Waals surface area (Å²) in [7, 11) is 0. The van der Waals surface area contributed by atoms with Gasteiger partial charge in [0.2, 0.25) is 5.91 Å². The fourth-order valence-electron chi connectivity index (χ4n) is 1.64. The van der Waals surface area contributed by atoms with Crippen molar-refractivity contribution < 1.29 is 4.79 Å². The van der Waals surface area contributed by atoms with Crippen LogP contribution in [0.2, 0.25) is 0 Å². The summed E-state index contributed by atoms with van der Waals surface area (Å²) in [6.07, 6.45) is 3.29. The SMILES string of the molecule is CCC(NC(=O)[C@@H](N)CC(C)C)c1nccs1. The molecule has 0 aliphatic rings. The number of carbonyl (C=O) groups is 1. The number of hydrogen-bond acceptors (Lipinski definition) is 4. The first kappa shape index (κ1) is 14.1. The molecule has 2 atom stereocenters. The van der Waals surface area contributed by atoms with Gasteiger partial charge in [0.05, 0.1) is 12.1 Å². The minimum Gasteiger partial charge on any atom is -0.346 e. The van der Waals surface area contributed by atoms with Crippen molar-refractivity contribution in [2.24, 2.45) is 11.7 Å². The fourth-order valence-corrected chi connectivity index (χ4v) is 2.41. The molecule has 1 aromatic heterocycles. The molecule has 1 aromatic rings. The number of nitrogens with two attached hydrogens (primary N) is 1. The highest BCUT2D eigenvalue weighted by molar-refractivity contribution is 7.09. The van der Waals surface area contributed by atoms with Crippen molar-refractivity contribution >= 4 is 17.2 Å². The summed E-state index contributed by atoms with van der Waals surface area (Å²) in [4.78, 5) is 16.1. The monoisotopic (exact) mass is 255 g/mol. The van der Waals surface area contributed by atoms with Crippen molar-refractivity contribution in [1.82, 2.24) is 10.3 Å². The standard InChI is InChI=1S/C12H21N3OS/c1-4-10(12-14-5-6-17-12)15-11(16)9(13)7-8(2)3/h5-6,8-10H,4,7,13H2,1-3H3,(H,15,16)/t9-,10?/m0/s1. The number of aromatic nitrogens is 1. The summed E-state index contributed by atoms with van der Waals surface area (Å²) in [5.74, 6) is 0.344. The third-order valence-electron chi connectivity index (χ3n) is 2.54. The predicted octanol–water partition coefficient (Wildman–Crippen LogP) is 2.08. The lowest BCUT2D eigenvalue weighted by atomic mass is 10.0. The molecule has 96 valence electrons. The average molecular weight is 255 g/mol. The number of nitrogens with zero attached hydrogens (tertiary/aromatic N) is 1. The van der Waals surface area contributed by atoms with E-state index in [1.807, 2.05) is 12.3 Å². The Balaban J connectivity index is 2.54. The van der Waals surface area contributed by atoms with Crippen molar-refractivity contribution in [3.05, 3.63) is 16.6 Å². The third-order valence-corrected chi connectivity index (χ3v) is 3.43. The Kier molecular flexibility index (Phi) is 5.58. The molecule has 0 aliphatic carbocycles. The second kappa shape index (κ2) is 6.71. The van der Waals surface area contributed by atoms with Gasteiger partial charge in [-0.05, 0) is 18.8 Å². The average Bonchev–Trinajstić information content (AvgIpc) is 2.77. The summed E-state index contributed by atoms with van der Waals surface area (Å²) < 4.78 is 0. The highest BCUT2D eigenvalue weighted by Crippen LogP contribution is 2.19. The maximum Gasteiger partial charge on any atom is 0.237 e. The highest BCUT2D eigenvalue weighted by atomic mass is 32.1. The molecule has 5 heteroatoms. The van der Waals surface area contributed by atoms with Crippen molar-refractivity contribution in [3.8, 4) is 0 Å². The summed E-state index contributed by atoms with van der Waals surface area (Å²) in [5.41, 5.74) is 5.85. The van der Waals surface area contributed by atoms with Crippen molar-refractivity contribution in [2.75, 3.05) is 0 Å². The number of rotatable bonds is 6. The van der Waals surface area contributed by atoms with Crippen LogP contribution in [0.5, 0.6) is 0 Å². The number of amides is 1. The third kappa shape index (κ3) is 4.44. The number of thiazole rings is 1. The number of nitrogens with one attached hydrogen (secondary N) is 1. The van der Waals surface area contributed by atoms with Gasteiger partial charge in [-0.3, -0.25) is 4.79 Å². The lowest BCUT2D eigenvalue weighted by Gasteiger charge is -2.19. The predicted molar refractivity (Wildman–Crippen MR) is 70.7 cm³/mol. The zero-order valence-electron chi connectivity index (χ0n) is 10.6. The molecular weight excluding hydrogens is 234 g/mol. The first-order valence-corrected chi connectivity index (χ1v) is 6.87.